The number of pyridine rings is 1. The fraction of sp³-hybridized carbons (Fsp3) is 0.368. The molecule has 6 heteroatoms. The Bertz CT molecular complexity index is 693. The van der Waals surface area contributed by atoms with Crippen LogP contribution < -0.4 is 14.8 Å². The summed E-state index contributed by atoms with van der Waals surface area (Å²) in [7, 11) is 1.57. The SMILES string of the molecule is COc1ccccc1OCC(=O)N[C@H]1COC[C@H]1Cc1ccncc1. The summed E-state index contributed by atoms with van der Waals surface area (Å²) in [5.74, 6) is 1.24. The Kier molecular flexibility index (Phi) is 5.85. The van der Waals surface area contributed by atoms with Crippen molar-refractivity contribution in [2.45, 2.75) is 12.5 Å². The van der Waals surface area contributed by atoms with Crippen molar-refractivity contribution in [3.63, 3.8) is 0 Å². The second-order valence-electron chi connectivity index (χ2n) is 5.97. The smallest absolute Gasteiger partial charge is 0.258 e. The highest BCUT2D eigenvalue weighted by Gasteiger charge is 2.29. The number of para-hydroxylation sites is 2. The zero-order chi connectivity index (χ0) is 17.5. The van der Waals surface area contributed by atoms with Gasteiger partial charge in [-0.15, -0.1) is 0 Å². The molecule has 3 rings (SSSR count). The molecule has 1 saturated heterocycles. The van der Waals surface area contributed by atoms with E-state index in [1.54, 1.807) is 31.6 Å². The van der Waals surface area contributed by atoms with Crippen molar-refractivity contribution in [2.24, 2.45) is 5.92 Å². The topological polar surface area (TPSA) is 69.7 Å². The Hall–Kier alpha value is -2.60. The summed E-state index contributed by atoms with van der Waals surface area (Å²) in [6.07, 6.45) is 4.40. The number of benzene rings is 1. The molecule has 2 aromatic rings. The summed E-state index contributed by atoms with van der Waals surface area (Å²) in [5.41, 5.74) is 1.19. The first-order chi connectivity index (χ1) is 12.3. The van der Waals surface area contributed by atoms with Crippen LogP contribution in [0.2, 0.25) is 0 Å². The predicted molar refractivity (Wildman–Crippen MR) is 92.7 cm³/mol. The van der Waals surface area contributed by atoms with Gasteiger partial charge in [0.25, 0.3) is 5.91 Å². The zero-order valence-corrected chi connectivity index (χ0v) is 14.2. The van der Waals surface area contributed by atoms with Gasteiger partial charge in [-0.25, -0.2) is 0 Å². The number of rotatable bonds is 7. The maximum atomic E-state index is 12.2. The molecule has 0 bridgehead atoms. The number of methoxy groups -OCH3 is 1. The van der Waals surface area contributed by atoms with Gasteiger partial charge in [0.2, 0.25) is 0 Å². The molecular weight excluding hydrogens is 320 g/mol. The first kappa shape index (κ1) is 17.2. The highest BCUT2D eigenvalue weighted by atomic mass is 16.5. The Labute approximate surface area is 147 Å². The van der Waals surface area contributed by atoms with Gasteiger partial charge >= 0.3 is 0 Å². The van der Waals surface area contributed by atoms with E-state index in [4.69, 9.17) is 14.2 Å². The molecule has 0 unspecified atom stereocenters. The van der Waals surface area contributed by atoms with Crippen LogP contribution in [-0.4, -0.2) is 43.9 Å². The molecule has 1 N–H and O–H groups in total. The maximum absolute atomic E-state index is 12.2. The molecule has 1 aromatic carbocycles. The summed E-state index contributed by atoms with van der Waals surface area (Å²) in [6, 6.07) is 11.2. The van der Waals surface area contributed by atoms with Gasteiger partial charge in [-0.05, 0) is 36.2 Å². The van der Waals surface area contributed by atoms with Crippen molar-refractivity contribution < 1.29 is 19.0 Å². The van der Waals surface area contributed by atoms with E-state index < -0.39 is 0 Å². The molecular formula is C19H22N2O4. The lowest BCUT2D eigenvalue weighted by atomic mass is 9.95. The molecule has 6 nitrogen and oxygen atoms in total. The van der Waals surface area contributed by atoms with Crippen molar-refractivity contribution in [2.75, 3.05) is 26.9 Å². The molecule has 1 aliphatic rings. The van der Waals surface area contributed by atoms with Crippen LogP contribution >= 0.6 is 0 Å². The molecule has 132 valence electrons. The summed E-state index contributed by atoms with van der Waals surface area (Å²) < 4.78 is 16.3. The van der Waals surface area contributed by atoms with Crippen LogP contribution in [0.5, 0.6) is 11.5 Å². The lowest BCUT2D eigenvalue weighted by molar-refractivity contribution is -0.124. The second kappa shape index (κ2) is 8.48. The van der Waals surface area contributed by atoms with E-state index in [1.807, 2.05) is 24.3 Å². The van der Waals surface area contributed by atoms with E-state index in [0.717, 1.165) is 6.42 Å². The number of hydrogen-bond acceptors (Lipinski definition) is 5. The van der Waals surface area contributed by atoms with Crippen LogP contribution in [0.4, 0.5) is 0 Å². The maximum Gasteiger partial charge on any atom is 0.258 e. The van der Waals surface area contributed by atoms with Crippen LogP contribution in [0.15, 0.2) is 48.8 Å². The van der Waals surface area contributed by atoms with Crippen molar-refractivity contribution in [1.82, 2.24) is 10.3 Å². The second-order valence-corrected chi connectivity index (χ2v) is 5.97. The molecule has 0 radical (unpaired) electrons. The zero-order valence-electron chi connectivity index (χ0n) is 14.2. The molecule has 0 aliphatic carbocycles. The van der Waals surface area contributed by atoms with Crippen molar-refractivity contribution in [3.8, 4) is 11.5 Å². The number of nitrogens with zero attached hydrogens (tertiary/aromatic N) is 1. The number of amides is 1. The van der Waals surface area contributed by atoms with Crippen molar-refractivity contribution in [1.29, 1.82) is 0 Å². The molecule has 1 aromatic heterocycles. The van der Waals surface area contributed by atoms with Crippen LogP contribution in [-0.2, 0) is 16.0 Å². The quantitative estimate of drug-likeness (QED) is 0.831. The third-order valence-corrected chi connectivity index (χ3v) is 4.22. The summed E-state index contributed by atoms with van der Waals surface area (Å²) in [4.78, 5) is 16.3. The van der Waals surface area contributed by atoms with E-state index in [9.17, 15) is 4.79 Å². The lowest BCUT2D eigenvalue weighted by Gasteiger charge is -2.19. The number of aromatic nitrogens is 1. The molecule has 1 fully saturated rings. The highest BCUT2D eigenvalue weighted by Crippen LogP contribution is 2.25. The van der Waals surface area contributed by atoms with E-state index >= 15 is 0 Å². The van der Waals surface area contributed by atoms with E-state index in [-0.39, 0.29) is 24.5 Å². The average molecular weight is 342 g/mol. The number of carbonyl (C=O) groups excluding carboxylic acids is 1. The normalized spacial score (nSPS) is 19.4. The number of carbonyl (C=O) groups is 1. The third kappa shape index (κ3) is 4.70. The minimum atomic E-state index is -0.166. The van der Waals surface area contributed by atoms with E-state index in [2.05, 4.69) is 10.3 Å². The van der Waals surface area contributed by atoms with Gasteiger partial charge in [-0.3, -0.25) is 9.78 Å². The van der Waals surface area contributed by atoms with Crippen LogP contribution in [0, 0.1) is 5.92 Å². The van der Waals surface area contributed by atoms with Crippen LogP contribution in [0.1, 0.15) is 5.56 Å². The minimum Gasteiger partial charge on any atom is -0.493 e. The first-order valence-corrected chi connectivity index (χ1v) is 8.28. The average Bonchev–Trinajstić information content (AvgIpc) is 3.07. The van der Waals surface area contributed by atoms with Crippen LogP contribution in [0.25, 0.3) is 0 Å². The molecule has 2 atom stereocenters. The van der Waals surface area contributed by atoms with Gasteiger partial charge in [-0.2, -0.15) is 0 Å². The molecule has 1 amide bonds. The number of nitrogens with one attached hydrogen (secondary N) is 1. The Balaban J connectivity index is 1.51. The monoisotopic (exact) mass is 342 g/mol. The van der Waals surface area contributed by atoms with Crippen molar-refractivity contribution in [3.05, 3.63) is 54.4 Å². The first-order valence-electron chi connectivity index (χ1n) is 8.28. The lowest BCUT2D eigenvalue weighted by Crippen LogP contribution is -2.42. The summed E-state index contributed by atoms with van der Waals surface area (Å²) in [5, 5.41) is 3.01. The molecule has 25 heavy (non-hydrogen) atoms. The summed E-state index contributed by atoms with van der Waals surface area (Å²) in [6.45, 7) is 1.11. The van der Waals surface area contributed by atoms with Gasteiger partial charge in [0.05, 0.1) is 26.4 Å². The molecule has 2 heterocycles. The molecule has 1 aliphatic heterocycles. The fourth-order valence-electron chi connectivity index (χ4n) is 2.91. The van der Waals surface area contributed by atoms with Gasteiger partial charge in [0.1, 0.15) is 0 Å². The standard InChI is InChI=1S/C19H22N2O4/c1-23-17-4-2-3-5-18(17)25-13-19(22)21-16-12-24-11-15(16)10-14-6-8-20-9-7-14/h2-9,15-16H,10-13H2,1H3,(H,21,22)/t15-,16+/m1/s1. The van der Waals surface area contributed by atoms with E-state index in [1.165, 1.54) is 5.56 Å². The summed E-state index contributed by atoms with van der Waals surface area (Å²) >= 11 is 0. The van der Waals surface area contributed by atoms with E-state index in [0.29, 0.717) is 24.7 Å². The predicted octanol–water partition coefficient (Wildman–Crippen LogP) is 1.84. The van der Waals surface area contributed by atoms with Crippen LogP contribution in [0.3, 0.4) is 0 Å². The minimum absolute atomic E-state index is 0.0121. The third-order valence-electron chi connectivity index (χ3n) is 4.22. The Morgan fingerprint density at radius 2 is 1.96 bits per heavy atom. The van der Waals surface area contributed by atoms with Gasteiger partial charge in [0, 0.05) is 18.3 Å². The highest BCUT2D eigenvalue weighted by molar-refractivity contribution is 5.78. The van der Waals surface area contributed by atoms with Gasteiger partial charge in [-0.1, -0.05) is 12.1 Å². The fourth-order valence-corrected chi connectivity index (χ4v) is 2.91. The number of hydrogen-bond donors (Lipinski definition) is 1. The molecule has 0 saturated carbocycles. The Morgan fingerprint density at radius 1 is 1.20 bits per heavy atom. The number of ether oxygens (including phenoxy) is 3. The van der Waals surface area contributed by atoms with Gasteiger partial charge in [0.15, 0.2) is 18.1 Å². The Morgan fingerprint density at radius 3 is 2.72 bits per heavy atom. The van der Waals surface area contributed by atoms with Gasteiger partial charge < -0.3 is 19.5 Å². The molecule has 0 spiro atoms. The van der Waals surface area contributed by atoms with Crippen molar-refractivity contribution >= 4 is 5.91 Å². The largest absolute Gasteiger partial charge is 0.493 e.